The van der Waals surface area contributed by atoms with Crippen LogP contribution in [0.4, 0.5) is 4.39 Å². The van der Waals surface area contributed by atoms with Gasteiger partial charge in [0, 0.05) is 12.0 Å². The number of aliphatic carboxylic acids is 1. The van der Waals surface area contributed by atoms with Crippen molar-refractivity contribution < 1.29 is 23.8 Å². The Morgan fingerprint density at radius 3 is 3.00 bits per heavy atom. The average Bonchev–Trinajstić information content (AvgIpc) is 2.69. The van der Waals surface area contributed by atoms with Gasteiger partial charge in [0.15, 0.2) is 11.5 Å². The van der Waals surface area contributed by atoms with Crippen molar-refractivity contribution in [2.45, 2.75) is 19.3 Å². The van der Waals surface area contributed by atoms with Gasteiger partial charge in [-0.2, -0.15) is 0 Å². The number of hydrogen-bond acceptors (Lipinski definition) is 3. The number of halogens is 1. The van der Waals surface area contributed by atoms with Crippen molar-refractivity contribution in [2.24, 2.45) is 0 Å². The average molecular weight is 226 g/mol. The molecule has 1 aromatic rings. The number of fused-ring (bicyclic) bond motifs is 1. The minimum atomic E-state index is -0.884. The number of hydrogen-bond donors (Lipinski definition) is 1. The van der Waals surface area contributed by atoms with Crippen molar-refractivity contribution in [3.05, 3.63) is 23.5 Å². The van der Waals surface area contributed by atoms with Crippen molar-refractivity contribution >= 4 is 5.97 Å². The fourth-order valence-electron chi connectivity index (χ4n) is 1.66. The van der Waals surface area contributed by atoms with Gasteiger partial charge in [0.2, 0.25) is 6.79 Å². The normalized spacial score (nSPS) is 12.8. The van der Waals surface area contributed by atoms with Crippen molar-refractivity contribution in [1.82, 2.24) is 0 Å². The molecule has 0 saturated carbocycles. The Bertz CT molecular complexity index is 417. The molecule has 0 aliphatic carbocycles. The minimum Gasteiger partial charge on any atom is -0.481 e. The Hall–Kier alpha value is -1.78. The molecule has 0 spiro atoms. The summed E-state index contributed by atoms with van der Waals surface area (Å²) in [7, 11) is 0. The number of carbonyl (C=O) groups is 1. The molecule has 0 bridgehead atoms. The molecule has 0 fully saturated rings. The maximum atomic E-state index is 13.5. The number of benzene rings is 1. The zero-order valence-electron chi connectivity index (χ0n) is 8.53. The lowest BCUT2D eigenvalue weighted by Crippen LogP contribution is -1.99. The Morgan fingerprint density at radius 1 is 1.44 bits per heavy atom. The first-order valence-corrected chi connectivity index (χ1v) is 4.97. The zero-order chi connectivity index (χ0) is 11.5. The summed E-state index contributed by atoms with van der Waals surface area (Å²) in [5, 5.41) is 8.50. The fraction of sp³-hybridized carbons (Fsp3) is 0.364. The van der Waals surface area contributed by atoms with Crippen molar-refractivity contribution in [1.29, 1.82) is 0 Å². The fourth-order valence-corrected chi connectivity index (χ4v) is 1.66. The van der Waals surface area contributed by atoms with Crippen LogP contribution in [-0.2, 0) is 11.2 Å². The smallest absolute Gasteiger partial charge is 0.303 e. The van der Waals surface area contributed by atoms with E-state index in [9.17, 15) is 9.18 Å². The largest absolute Gasteiger partial charge is 0.481 e. The van der Waals surface area contributed by atoms with Gasteiger partial charge in [0.1, 0.15) is 5.82 Å². The quantitative estimate of drug-likeness (QED) is 0.852. The minimum absolute atomic E-state index is 0.0178. The van der Waals surface area contributed by atoms with Crippen LogP contribution in [0, 0.1) is 5.82 Å². The predicted molar refractivity (Wildman–Crippen MR) is 53.1 cm³/mol. The summed E-state index contributed by atoms with van der Waals surface area (Å²) in [4.78, 5) is 10.4. The van der Waals surface area contributed by atoms with Crippen LogP contribution in [0.15, 0.2) is 12.1 Å². The molecule has 1 N–H and O–H groups in total. The molecule has 0 radical (unpaired) electrons. The maximum absolute atomic E-state index is 13.5. The van der Waals surface area contributed by atoms with Gasteiger partial charge in [-0.25, -0.2) is 4.39 Å². The van der Waals surface area contributed by atoms with Gasteiger partial charge in [-0.15, -0.1) is 0 Å². The third-order valence-corrected chi connectivity index (χ3v) is 2.40. The molecule has 5 heteroatoms. The summed E-state index contributed by atoms with van der Waals surface area (Å²) in [6, 6.07) is 2.82. The highest BCUT2D eigenvalue weighted by Crippen LogP contribution is 2.37. The lowest BCUT2D eigenvalue weighted by atomic mass is 10.1. The molecule has 4 nitrogen and oxygen atoms in total. The predicted octanol–water partition coefficient (Wildman–Crippen LogP) is 1.96. The topological polar surface area (TPSA) is 55.8 Å². The van der Waals surface area contributed by atoms with E-state index in [1.165, 1.54) is 12.1 Å². The standard InChI is InChI=1S/C11H11FO4/c12-8-4-5-9-11(16-6-15-9)7(8)2-1-3-10(13)14/h4-5H,1-3,6H2,(H,13,14). The highest BCUT2D eigenvalue weighted by atomic mass is 19.1. The number of rotatable bonds is 4. The molecule has 0 saturated heterocycles. The summed E-state index contributed by atoms with van der Waals surface area (Å²) in [5.74, 6) is -0.336. The van der Waals surface area contributed by atoms with Crippen LogP contribution >= 0.6 is 0 Å². The van der Waals surface area contributed by atoms with Crippen LogP contribution < -0.4 is 9.47 Å². The van der Waals surface area contributed by atoms with E-state index in [0.29, 0.717) is 29.9 Å². The summed E-state index contributed by atoms with van der Waals surface area (Å²) >= 11 is 0. The molecule has 1 aliphatic rings. The van der Waals surface area contributed by atoms with Crippen molar-refractivity contribution in [3.63, 3.8) is 0 Å². The summed E-state index contributed by atoms with van der Waals surface area (Å²) in [6.45, 7) is 0.0880. The molecule has 0 unspecified atom stereocenters. The van der Waals surface area contributed by atoms with Crippen LogP contribution in [0.3, 0.4) is 0 Å². The lowest BCUT2D eigenvalue weighted by Gasteiger charge is -2.06. The van der Waals surface area contributed by atoms with E-state index in [1.807, 2.05) is 0 Å². The molecule has 0 amide bonds. The molecular formula is C11H11FO4. The van der Waals surface area contributed by atoms with Gasteiger partial charge in [0.05, 0.1) is 0 Å². The summed E-state index contributed by atoms with van der Waals surface area (Å²) in [6.07, 6.45) is 0.737. The highest BCUT2D eigenvalue weighted by Gasteiger charge is 2.20. The van der Waals surface area contributed by atoms with E-state index in [2.05, 4.69) is 0 Å². The third kappa shape index (κ3) is 2.08. The van der Waals surface area contributed by atoms with Gasteiger partial charge in [-0.05, 0) is 25.0 Å². The Morgan fingerprint density at radius 2 is 2.25 bits per heavy atom. The first-order valence-electron chi connectivity index (χ1n) is 4.97. The highest BCUT2D eigenvalue weighted by molar-refractivity contribution is 5.66. The van der Waals surface area contributed by atoms with E-state index in [-0.39, 0.29) is 19.0 Å². The monoisotopic (exact) mass is 226 g/mol. The molecular weight excluding hydrogens is 215 g/mol. The second-order valence-electron chi connectivity index (χ2n) is 3.51. The first-order chi connectivity index (χ1) is 7.68. The van der Waals surface area contributed by atoms with E-state index in [4.69, 9.17) is 14.6 Å². The Kier molecular flexibility index (Phi) is 2.94. The zero-order valence-corrected chi connectivity index (χ0v) is 8.53. The van der Waals surface area contributed by atoms with Crippen molar-refractivity contribution in [2.75, 3.05) is 6.79 Å². The van der Waals surface area contributed by atoms with E-state index in [1.54, 1.807) is 0 Å². The van der Waals surface area contributed by atoms with E-state index >= 15 is 0 Å². The SMILES string of the molecule is O=C(O)CCCc1c(F)ccc2c1OCO2. The third-order valence-electron chi connectivity index (χ3n) is 2.40. The van der Waals surface area contributed by atoms with Crippen LogP contribution in [0.1, 0.15) is 18.4 Å². The maximum Gasteiger partial charge on any atom is 0.303 e. The van der Waals surface area contributed by atoms with Gasteiger partial charge in [0.25, 0.3) is 0 Å². The van der Waals surface area contributed by atoms with Crippen molar-refractivity contribution in [3.8, 4) is 11.5 Å². The second-order valence-corrected chi connectivity index (χ2v) is 3.51. The summed E-state index contributed by atoms with van der Waals surface area (Å²) in [5.41, 5.74) is 0.399. The number of carboxylic acids is 1. The summed E-state index contributed by atoms with van der Waals surface area (Å²) < 4.78 is 23.8. The molecule has 1 aromatic carbocycles. The van der Waals surface area contributed by atoms with Gasteiger partial charge >= 0.3 is 5.97 Å². The molecule has 1 heterocycles. The Balaban J connectivity index is 2.13. The number of carboxylic acid groups (broad SMARTS) is 1. The molecule has 86 valence electrons. The lowest BCUT2D eigenvalue weighted by molar-refractivity contribution is -0.137. The van der Waals surface area contributed by atoms with E-state index < -0.39 is 5.97 Å². The molecule has 1 aliphatic heterocycles. The first kappa shape index (κ1) is 10.7. The Labute approximate surface area is 91.6 Å². The molecule has 2 rings (SSSR count). The number of ether oxygens (including phenoxy) is 2. The van der Waals surface area contributed by atoms with Crippen LogP contribution in [-0.4, -0.2) is 17.9 Å². The molecule has 0 atom stereocenters. The second kappa shape index (κ2) is 4.38. The molecule has 16 heavy (non-hydrogen) atoms. The van der Waals surface area contributed by atoms with Gasteiger partial charge < -0.3 is 14.6 Å². The van der Waals surface area contributed by atoms with E-state index in [0.717, 1.165) is 0 Å². The van der Waals surface area contributed by atoms with Crippen LogP contribution in [0.25, 0.3) is 0 Å². The van der Waals surface area contributed by atoms with Crippen LogP contribution in [0.2, 0.25) is 0 Å². The van der Waals surface area contributed by atoms with Gasteiger partial charge in [-0.1, -0.05) is 0 Å². The van der Waals surface area contributed by atoms with Gasteiger partial charge in [-0.3, -0.25) is 4.79 Å². The van der Waals surface area contributed by atoms with Crippen LogP contribution in [0.5, 0.6) is 11.5 Å². The molecule has 0 aromatic heterocycles.